The number of benzene rings is 2. The zero-order chi connectivity index (χ0) is 24.2. The second-order valence-electron chi connectivity index (χ2n) is 9.02. The molecule has 3 N–H and O–H groups in total. The molecular weight excluding hydrogens is 452 g/mol. The number of hydrogen-bond donors (Lipinski definition) is 3. The molecule has 3 aromatic rings. The SMILES string of the molecule is C[C@]1(C(=O)N[C@H](CO)c2ccccc2)CC[C@H](NS(=O)(=O)c2ccc(-n3cccn3)cc2)CC1. The van der Waals surface area contributed by atoms with Crippen molar-refractivity contribution in [3.8, 4) is 5.69 Å². The van der Waals surface area contributed by atoms with Crippen molar-refractivity contribution in [3.05, 3.63) is 78.6 Å². The van der Waals surface area contributed by atoms with Crippen LogP contribution in [0.15, 0.2) is 78.0 Å². The maximum atomic E-state index is 13.0. The van der Waals surface area contributed by atoms with Crippen LogP contribution in [0.4, 0.5) is 0 Å². The zero-order valence-electron chi connectivity index (χ0n) is 19.1. The lowest BCUT2D eigenvalue weighted by Crippen LogP contribution is -2.47. The molecule has 4 rings (SSSR count). The fourth-order valence-electron chi connectivity index (χ4n) is 4.34. The summed E-state index contributed by atoms with van der Waals surface area (Å²) in [5, 5.41) is 16.9. The van der Waals surface area contributed by atoms with Crippen molar-refractivity contribution in [3.63, 3.8) is 0 Å². The van der Waals surface area contributed by atoms with Gasteiger partial charge in [-0.2, -0.15) is 5.10 Å². The number of nitrogens with one attached hydrogen (secondary N) is 2. The molecule has 0 aliphatic heterocycles. The molecule has 0 saturated heterocycles. The van der Waals surface area contributed by atoms with Gasteiger partial charge < -0.3 is 10.4 Å². The number of nitrogens with zero attached hydrogens (tertiary/aromatic N) is 2. The summed E-state index contributed by atoms with van der Waals surface area (Å²) in [5.74, 6) is -0.120. The molecule has 1 aliphatic rings. The van der Waals surface area contributed by atoms with Crippen molar-refractivity contribution >= 4 is 15.9 Å². The van der Waals surface area contributed by atoms with Crippen LogP contribution in [0.1, 0.15) is 44.2 Å². The fourth-order valence-corrected chi connectivity index (χ4v) is 5.64. The first-order valence-electron chi connectivity index (χ1n) is 11.4. The molecule has 1 amide bonds. The molecule has 8 nitrogen and oxygen atoms in total. The number of rotatable bonds is 8. The van der Waals surface area contributed by atoms with Crippen molar-refractivity contribution in [2.45, 2.75) is 49.6 Å². The van der Waals surface area contributed by atoms with E-state index in [1.54, 1.807) is 47.4 Å². The van der Waals surface area contributed by atoms with Crippen LogP contribution in [0, 0.1) is 5.41 Å². The first-order valence-corrected chi connectivity index (χ1v) is 12.9. The van der Waals surface area contributed by atoms with Crippen molar-refractivity contribution in [1.82, 2.24) is 19.8 Å². The van der Waals surface area contributed by atoms with Crippen LogP contribution in [-0.4, -0.2) is 41.9 Å². The monoisotopic (exact) mass is 482 g/mol. The van der Waals surface area contributed by atoms with Gasteiger partial charge in [-0.1, -0.05) is 37.3 Å². The molecule has 1 aromatic heterocycles. The first kappa shape index (κ1) is 24.1. The maximum Gasteiger partial charge on any atom is 0.240 e. The minimum absolute atomic E-state index is 0.120. The smallest absolute Gasteiger partial charge is 0.240 e. The number of sulfonamides is 1. The van der Waals surface area contributed by atoms with Gasteiger partial charge in [0.15, 0.2) is 0 Å². The minimum Gasteiger partial charge on any atom is -0.394 e. The number of amides is 1. The molecule has 9 heteroatoms. The Morgan fingerprint density at radius 3 is 2.38 bits per heavy atom. The Balaban J connectivity index is 1.35. The highest BCUT2D eigenvalue weighted by Crippen LogP contribution is 2.37. The summed E-state index contributed by atoms with van der Waals surface area (Å²) in [6.45, 7) is 1.72. The van der Waals surface area contributed by atoms with Gasteiger partial charge in [-0.25, -0.2) is 17.8 Å². The molecule has 0 unspecified atom stereocenters. The van der Waals surface area contributed by atoms with Gasteiger partial charge in [-0.05, 0) is 61.6 Å². The predicted octanol–water partition coefficient (Wildman–Crippen LogP) is 2.95. The Hall–Kier alpha value is -3.01. The summed E-state index contributed by atoms with van der Waals surface area (Å²) in [6, 6.07) is 17.0. The van der Waals surface area contributed by atoms with Gasteiger partial charge in [0.2, 0.25) is 15.9 Å². The van der Waals surface area contributed by atoms with Crippen molar-refractivity contribution in [2.75, 3.05) is 6.61 Å². The molecule has 2 aromatic carbocycles. The molecule has 0 spiro atoms. The Morgan fingerprint density at radius 2 is 1.79 bits per heavy atom. The fraction of sp³-hybridized carbons (Fsp3) is 0.360. The van der Waals surface area contributed by atoms with E-state index in [-0.39, 0.29) is 23.5 Å². The van der Waals surface area contributed by atoms with Crippen molar-refractivity contribution in [1.29, 1.82) is 0 Å². The van der Waals surface area contributed by atoms with E-state index in [2.05, 4.69) is 15.1 Å². The molecule has 0 radical (unpaired) electrons. The lowest BCUT2D eigenvalue weighted by molar-refractivity contribution is -0.133. The van der Waals surface area contributed by atoms with Crippen LogP contribution >= 0.6 is 0 Å². The van der Waals surface area contributed by atoms with E-state index < -0.39 is 21.5 Å². The summed E-state index contributed by atoms with van der Waals surface area (Å²) in [4.78, 5) is 13.2. The number of carbonyl (C=O) groups excluding carboxylic acids is 1. The second kappa shape index (κ2) is 10.1. The van der Waals surface area contributed by atoms with E-state index in [1.165, 1.54) is 0 Å². The Labute approximate surface area is 200 Å². The number of carbonyl (C=O) groups is 1. The van der Waals surface area contributed by atoms with Gasteiger partial charge >= 0.3 is 0 Å². The quantitative estimate of drug-likeness (QED) is 0.457. The highest BCUT2D eigenvalue weighted by molar-refractivity contribution is 7.89. The largest absolute Gasteiger partial charge is 0.394 e. The van der Waals surface area contributed by atoms with Crippen LogP contribution in [0.5, 0.6) is 0 Å². The average Bonchev–Trinajstić information content (AvgIpc) is 3.39. The minimum atomic E-state index is -3.68. The lowest BCUT2D eigenvalue weighted by atomic mass is 9.73. The standard InChI is InChI=1S/C25H30N4O4S/c1-25(24(31)27-23(18-30)19-6-3-2-4-7-19)14-12-20(13-15-25)28-34(32,33)22-10-8-21(9-11-22)29-17-5-16-26-29/h2-11,16-17,20,23,28,30H,12-15,18H2,1H3,(H,27,31)/t20-,23-,25-/m1/s1. The molecule has 1 heterocycles. The molecule has 1 atom stereocenters. The molecule has 34 heavy (non-hydrogen) atoms. The van der Waals surface area contributed by atoms with Crippen molar-refractivity contribution < 1.29 is 18.3 Å². The lowest BCUT2D eigenvalue weighted by Gasteiger charge is -2.37. The topological polar surface area (TPSA) is 113 Å². The molecule has 0 bridgehead atoms. The Morgan fingerprint density at radius 1 is 1.12 bits per heavy atom. The van der Waals surface area contributed by atoms with E-state index in [1.807, 2.05) is 37.3 Å². The number of aliphatic hydroxyl groups is 1. The summed E-state index contributed by atoms with van der Waals surface area (Å²) in [7, 11) is -3.68. The van der Waals surface area contributed by atoms with E-state index in [4.69, 9.17) is 0 Å². The van der Waals surface area contributed by atoms with Gasteiger partial charge in [0.25, 0.3) is 0 Å². The summed E-state index contributed by atoms with van der Waals surface area (Å²) in [6.07, 6.45) is 5.68. The normalized spacial score (nSPS) is 21.6. The maximum absolute atomic E-state index is 13.0. The zero-order valence-corrected chi connectivity index (χ0v) is 19.9. The molecule has 1 fully saturated rings. The Kier molecular flexibility index (Phi) is 7.16. The number of aromatic nitrogens is 2. The third-order valence-corrected chi connectivity index (χ3v) is 8.10. The van der Waals surface area contributed by atoms with Gasteiger partial charge in [0.1, 0.15) is 0 Å². The summed E-state index contributed by atoms with van der Waals surface area (Å²) < 4.78 is 30.2. The van der Waals surface area contributed by atoms with Crippen molar-refractivity contribution in [2.24, 2.45) is 5.41 Å². The molecule has 1 saturated carbocycles. The van der Waals surface area contributed by atoms with Crippen LogP contribution in [-0.2, 0) is 14.8 Å². The van der Waals surface area contributed by atoms with E-state index in [9.17, 15) is 18.3 Å². The molecule has 1 aliphatic carbocycles. The second-order valence-corrected chi connectivity index (χ2v) is 10.7. The van der Waals surface area contributed by atoms with E-state index in [0.717, 1.165) is 11.3 Å². The van der Waals surface area contributed by atoms with E-state index >= 15 is 0 Å². The van der Waals surface area contributed by atoms with Gasteiger partial charge in [0, 0.05) is 23.9 Å². The predicted molar refractivity (Wildman–Crippen MR) is 129 cm³/mol. The molecule has 180 valence electrons. The third-order valence-electron chi connectivity index (χ3n) is 6.56. The van der Waals surface area contributed by atoms with E-state index in [0.29, 0.717) is 25.7 Å². The van der Waals surface area contributed by atoms with Gasteiger partial charge in [-0.15, -0.1) is 0 Å². The average molecular weight is 483 g/mol. The van der Waals surface area contributed by atoms with Crippen LogP contribution < -0.4 is 10.0 Å². The summed E-state index contributed by atoms with van der Waals surface area (Å²) >= 11 is 0. The Bertz CT molecular complexity index is 1190. The van der Waals surface area contributed by atoms with Crippen LogP contribution in [0.25, 0.3) is 5.69 Å². The number of aliphatic hydroxyl groups excluding tert-OH is 1. The third kappa shape index (κ3) is 5.38. The van der Waals surface area contributed by atoms with Crippen LogP contribution in [0.3, 0.4) is 0 Å². The highest BCUT2D eigenvalue weighted by atomic mass is 32.2. The first-order chi connectivity index (χ1) is 16.3. The number of hydrogen-bond acceptors (Lipinski definition) is 5. The van der Waals surface area contributed by atoms with Gasteiger partial charge in [0.05, 0.1) is 23.2 Å². The summed E-state index contributed by atoms with van der Waals surface area (Å²) in [5.41, 5.74) is 1.01. The molecular formula is C25H30N4O4S. The highest BCUT2D eigenvalue weighted by Gasteiger charge is 2.39. The van der Waals surface area contributed by atoms with Gasteiger partial charge in [-0.3, -0.25) is 4.79 Å². The van der Waals surface area contributed by atoms with Crippen LogP contribution in [0.2, 0.25) is 0 Å².